The van der Waals surface area contributed by atoms with Gasteiger partial charge in [-0.3, -0.25) is 0 Å². The summed E-state index contributed by atoms with van der Waals surface area (Å²) >= 11 is 6.05. The maximum absolute atomic E-state index is 5.22. The standard InChI is InChI=1S/C4H8N6S2/c1-10-4(7-8-9-10)12-2-6-3(5)11/h2H2,1H3,(H3,5,6,11). The number of thioether (sulfide) groups is 1. The average molecular weight is 204 g/mol. The summed E-state index contributed by atoms with van der Waals surface area (Å²) < 4.78 is 1.58. The van der Waals surface area contributed by atoms with Crippen LogP contribution in [0.25, 0.3) is 0 Å². The third kappa shape index (κ3) is 2.62. The van der Waals surface area contributed by atoms with Crippen molar-refractivity contribution in [2.75, 3.05) is 5.88 Å². The maximum atomic E-state index is 5.22. The Morgan fingerprint density at radius 3 is 3.08 bits per heavy atom. The zero-order chi connectivity index (χ0) is 8.97. The van der Waals surface area contributed by atoms with Crippen molar-refractivity contribution >= 4 is 29.1 Å². The monoisotopic (exact) mass is 204 g/mol. The summed E-state index contributed by atoms with van der Waals surface area (Å²) in [5.41, 5.74) is 5.22. The molecule has 0 unspecified atom stereocenters. The van der Waals surface area contributed by atoms with Crippen LogP contribution in [0.5, 0.6) is 0 Å². The van der Waals surface area contributed by atoms with Gasteiger partial charge in [0.15, 0.2) is 5.11 Å². The molecule has 0 fully saturated rings. The zero-order valence-corrected chi connectivity index (χ0v) is 8.02. The van der Waals surface area contributed by atoms with Gasteiger partial charge in [-0.1, -0.05) is 11.8 Å². The number of nitrogens with one attached hydrogen (secondary N) is 1. The molecular weight excluding hydrogens is 196 g/mol. The summed E-state index contributed by atoms with van der Waals surface area (Å²) in [4.78, 5) is 0. The topological polar surface area (TPSA) is 81.7 Å². The minimum atomic E-state index is 0.276. The van der Waals surface area contributed by atoms with Gasteiger partial charge in [0, 0.05) is 7.05 Å². The van der Waals surface area contributed by atoms with Crippen LogP contribution in [0.15, 0.2) is 5.16 Å². The second-order valence-electron chi connectivity index (χ2n) is 1.91. The summed E-state index contributed by atoms with van der Waals surface area (Å²) in [6.45, 7) is 0. The van der Waals surface area contributed by atoms with Gasteiger partial charge in [0.2, 0.25) is 5.16 Å². The van der Waals surface area contributed by atoms with Gasteiger partial charge < -0.3 is 11.1 Å². The fraction of sp³-hybridized carbons (Fsp3) is 0.500. The Hall–Kier alpha value is -0.890. The highest BCUT2D eigenvalue weighted by Gasteiger charge is 2.00. The molecule has 0 bridgehead atoms. The van der Waals surface area contributed by atoms with Crippen molar-refractivity contribution in [1.82, 2.24) is 25.5 Å². The molecule has 0 saturated heterocycles. The lowest BCUT2D eigenvalue weighted by Crippen LogP contribution is -2.28. The van der Waals surface area contributed by atoms with Crippen LogP contribution in [0.1, 0.15) is 0 Å². The minimum Gasteiger partial charge on any atom is -0.376 e. The molecule has 0 spiro atoms. The molecule has 1 heterocycles. The molecule has 0 radical (unpaired) electrons. The predicted octanol–water partition coefficient (Wildman–Crippen LogP) is -0.907. The van der Waals surface area contributed by atoms with Crippen molar-refractivity contribution in [1.29, 1.82) is 0 Å². The first-order valence-corrected chi connectivity index (χ1v) is 4.48. The summed E-state index contributed by atoms with van der Waals surface area (Å²) in [6, 6.07) is 0. The number of rotatable bonds is 3. The highest BCUT2D eigenvalue weighted by Crippen LogP contribution is 2.09. The van der Waals surface area contributed by atoms with Crippen LogP contribution in [0.4, 0.5) is 0 Å². The Kier molecular flexibility index (Phi) is 3.23. The molecule has 0 aromatic carbocycles. The number of aryl methyl sites for hydroxylation is 1. The number of tetrazole rings is 1. The van der Waals surface area contributed by atoms with Crippen molar-refractivity contribution in [3.63, 3.8) is 0 Å². The number of hydrogen-bond acceptors (Lipinski definition) is 5. The van der Waals surface area contributed by atoms with Gasteiger partial charge >= 0.3 is 0 Å². The normalized spacial score (nSPS) is 9.75. The van der Waals surface area contributed by atoms with Crippen LogP contribution in [0, 0.1) is 0 Å². The molecule has 8 heteroatoms. The number of thiocarbonyl (C=S) groups is 1. The van der Waals surface area contributed by atoms with E-state index in [9.17, 15) is 0 Å². The molecule has 0 saturated carbocycles. The van der Waals surface area contributed by atoms with Crippen LogP contribution in [-0.2, 0) is 7.05 Å². The molecule has 0 aliphatic carbocycles. The first-order valence-electron chi connectivity index (χ1n) is 3.08. The van der Waals surface area contributed by atoms with E-state index in [0.29, 0.717) is 5.88 Å². The Balaban J connectivity index is 2.33. The van der Waals surface area contributed by atoms with Gasteiger partial charge in [0.25, 0.3) is 0 Å². The van der Waals surface area contributed by atoms with Gasteiger partial charge in [-0.15, -0.1) is 5.10 Å². The Labute approximate surface area is 78.9 Å². The van der Waals surface area contributed by atoms with Crippen molar-refractivity contribution in [3.8, 4) is 0 Å². The van der Waals surface area contributed by atoms with E-state index in [1.165, 1.54) is 11.8 Å². The van der Waals surface area contributed by atoms with Gasteiger partial charge in [0.1, 0.15) is 0 Å². The lowest BCUT2D eigenvalue weighted by molar-refractivity contribution is 0.664. The van der Waals surface area contributed by atoms with E-state index in [-0.39, 0.29) is 5.11 Å². The van der Waals surface area contributed by atoms with Crippen LogP contribution in [0.2, 0.25) is 0 Å². The highest BCUT2D eigenvalue weighted by molar-refractivity contribution is 7.99. The summed E-state index contributed by atoms with van der Waals surface area (Å²) in [6.07, 6.45) is 0. The molecule has 0 aliphatic heterocycles. The molecule has 1 aromatic rings. The number of aromatic nitrogens is 4. The minimum absolute atomic E-state index is 0.276. The average Bonchev–Trinajstić information content (AvgIpc) is 2.36. The summed E-state index contributed by atoms with van der Waals surface area (Å²) in [7, 11) is 1.77. The first-order chi connectivity index (χ1) is 5.70. The lowest BCUT2D eigenvalue weighted by Gasteiger charge is -2.00. The number of hydrogen-bond donors (Lipinski definition) is 2. The molecule has 12 heavy (non-hydrogen) atoms. The molecule has 1 aromatic heterocycles. The van der Waals surface area contributed by atoms with Crippen LogP contribution in [-0.4, -0.2) is 31.2 Å². The Bertz CT molecular complexity index is 270. The van der Waals surface area contributed by atoms with Gasteiger partial charge in [-0.05, 0) is 22.6 Å². The molecule has 6 nitrogen and oxygen atoms in total. The van der Waals surface area contributed by atoms with E-state index in [0.717, 1.165) is 5.16 Å². The van der Waals surface area contributed by atoms with E-state index in [4.69, 9.17) is 5.73 Å². The summed E-state index contributed by atoms with van der Waals surface area (Å²) in [5, 5.41) is 14.7. The van der Waals surface area contributed by atoms with Crippen molar-refractivity contribution in [2.45, 2.75) is 5.16 Å². The van der Waals surface area contributed by atoms with Gasteiger partial charge in [-0.25, -0.2) is 4.68 Å². The largest absolute Gasteiger partial charge is 0.376 e. The van der Waals surface area contributed by atoms with Crippen LogP contribution in [0.3, 0.4) is 0 Å². The Morgan fingerprint density at radius 1 is 1.83 bits per heavy atom. The zero-order valence-electron chi connectivity index (χ0n) is 6.39. The van der Waals surface area contributed by atoms with E-state index >= 15 is 0 Å². The lowest BCUT2D eigenvalue weighted by atomic mass is 11.1. The number of nitrogens with zero attached hydrogens (tertiary/aromatic N) is 4. The highest BCUT2D eigenvalue weighted by atomic mass is 32.2. The third-order valence-electron chi connectivity index (χ3n) is 1.03. The molecule has 0 amide bonds. The molecule has 0 atom stereocenters. The first kappa shape index (κ1) is 9.20. The molecule has 0 aliphatic rings. The van der Waals surface area contributed by atoms with E-state index in [1.54, 1.807) is 11.7 Å². The van der Waals surface area contributed by atoms with E-state index < -0.39 is 0 Å². The van der Waals surface area contributed by atoms with Crippen molar-refractivity contribution in [2.24, 2.45) is 12.8 Å². The second-order valence-corrected chi connectivity index (χ2v) is 3.30. The van der Waals surface area contributed by atoms with Gasteiger partial charge in [0.05, 0.1) is 5.88 Å². The smallest absolute Gasteiger partial charge is 0.210 e. The molecule has 1 rings (SSSR count). The van der Waals surface area contributed by atoms with E-state index in [1.807, 2.05) is 0 Å². The summed E-state index contributed by atoms with van der Waals surface area (Å²) in [5.74, 6) is 0.573. The fourth-order valence-corrected chi connectivity index (χ4v) is 1.35. The van der Waals surface area contributed by atoms with Gasteiger partial charge in [-0.2, -0.15) is 0 Å². The molecule has 66 valence electrons. The molecular formula is C4H8N6S2. The fourth-order valence-electron chi connectivity index (χ4n) is 0.515. The quantitative estimate of drug-likeness (QED) is 0.375. The predicted molar refractivity (Wildman–Crippen MR) is 49.4 cm³/mol. The van der Waals surface area contributed by atoms with Crippen LogP contribution >= 0.6 is 24.0 Å². The third-order valence-corrected chi connectivity index (χ3v) is 2.07. The number of nitrogens with two attached hydrogens (primary N) is 1. The Morgan fingerprint density at radius 2 is 2.58 bits per heavy atom. The van der Waals surface area contributed by atoms with Crippen molar-refractivity contribution in [3.05, 3.63) is 0 Å². The molecule has 3 N–H and O–H groups in total. The van der Waals surface area contributed by atoms with Crippen molar-refractivity contribution < 1.29 is 0 Å². The second kappa shape index (κ2) is 4.21. The van der Waals surface area contributed by atoms with E-state index in [2.05, 4.69) is 33.1 Å². The SMILES string of the molecule is Cn1nnnc1SCNC(N)=S. The maximum Gasteiger partial charge on any atom is 0.210 e. The van der Waals surface area contributed by atoms with Crippen LogP contribution < -0.4 is 11.1 Å².